The Morgan fingerprint density at radius 1 is 1.11 bits per heavy atom. The molecule has 19 heavy (non-hydrogen) atoms. The average Bonchev–Trinajstić information content (AvgIpc) is 2.39. The Morgan fingerprint density at radius 2 is 1.84 bits per heavy atom. The zero-order valence-electron chi connectivity index (χ0n) is 11.1. The van der Waals surface area contributed by atoms with Gasteiger partial charge in [0, 0.05) is 5.02 Å². The van der Waals surface area contributed by atoms with E-state index in [0.717, 1.165) is 5.75 Å². The minimum absolute atomic E-state index is 0.0675. The Hall–Kier alpha value is -1.51. The number of aliphatic hydroxyl groups is 1. The zero-order chi connectivity index (χ0) is 13.8. The smallest absolute Gasteiger partial charge is 0.128 e. The molecule has 0 saturated carbocycles. The quantitative estimate of drug-likeness (QED) is 0.873. The highest BCUT2D eigenvalue weighted by Gasteiger charge is 2.05. The molecule has 0 bridgehead atoms. The van der Waals surface area contributed by atoms with Gasteiger partial charge in [0.15, 0.2) is 0 Å². The molecule has 0 fully saturated rings. The molecule has 0 aliphatic heterocycles. The van der Waals surface area contributed by atoms with Crippen molar-refractivity contribution in [2.24, 2.45) is 0 Å². The molecule has 100 valence electrons. The molecule has 0 unspecified atom stereocenters. The van der Waals surface area contributed by atoms with Crippen LogP contribution in [0.2, 0.25) is 5.02 Å². The molecule has 0 saturated heterocycles. The molecule has 2 aromatic rings. The van der Waals surface area contributed by atoms with Gasteiger partial charge in [-0.1, -0.05) is 43.6 Å². The topological polar surface area (TPSA) is 29.5 Å². The van der Waals surface area contributed by atoms with Crippen LogP contribution in [0.3, 0.4) is 0 Å². The summed E-state index contributed by atoms with van der Waals surface area (Å²) in [5.41, 5.74) is 1.93. The van der Waals surface area contributed by atoms with Crippen molar-refractivity contribution in [1.82, 2.24) is 0 Å². The number of hydrogen-bond acceptors (Lipinski definition) is 2. The van der Waals surface area contributed by atoms with E-state index in [1.807, 2.05) is 18.2 Å². The lowest BCUT2D eigenvalue weighted by Crippen LogP contribution is -1.91. The molecule has 2 aromatic carbocycles. The molecule has 2 rings (SSSR count). The molecule has 0 spiro atoms. The van der Waals surface area contributed by atoms with Crippen LogP contribution in [0.15, 0.2) is 42.5 Å². The van der Waals surface area contributed by atoms with Gasteiger partial charge in [0.05, 0.1) is 6.61 Å². The molecular weight excluding hydrogens is 260 g/mol. The fourth-order valence-electron chi connectivity index (χ4n) is 1.79. The Bertz CT molecular complexity index is 564. The first kappa shape index (κ1) is 13.9. The van der Waals surface area contributed by atoms with E-state index in [1.54, 1.807) is 18.2 Å². The van der Waals surface area contributed by atoms with Crippen molar-refractivity contribution >= 4 is 11.6 Å². The highest BCUT2D eigenvalue weighted by atomic mass is 35.5. The second-order valence-corrected chi connectivity index (χ2v) is 5.15. The van der Waals surface area contributed by atoms with Gasteiger partial charge in [-0.05, 0) is 41.3 Å². The van der Waals surface area contributed by atoms with Gasteiger partial charge in [-0.25, -0.2) is 0 Å². The number of rotatable bonds is 4. The molecule has 3 heteroatoms. The number of ether oxygens (including phenoxy) is 1. The fourth-order valence-corrected chi connectivity index (χ4v) is 2.02. The van der Waals surface area contributed by atoms with Crippen LogP contribution < -0.4 is 4.74 Å². The molecule has 1 N–H and O–H groups in total. The van der Waals surface area contributed by atoms with Gasteiger partial charge in [0.2, 0.25) is 0 Å². The van der Waals surface area contributed by atoms with Gasteiger partial charge >= 0.3 is 0 Å². The van der Waals surface area contributed by atoms with Crippen LogP contribution in [-0.2, 0) is 6.61 Å². The second-order valence-electron chi connectivity index (χ2n) is 4.74. The molecule has 0 aliphatic carbocycles. The van der Waals surface area contributed by atoms with Gasteiger partial charge in [0.25, 0.3) is 0 Å². The molecule has 2 nitrogen and oxygen atoms in total. The third kappa shape index (κ3) is 3.49. The summed E-state index contributed by atoms with van der Waals surface area (Å²) < 4.78 is 5.78. The Morgan fingerprint density at radius 3 is 2.47 bits per heavy atom. The van der Waals surface area contributed by atoms with E-state index in [-0.39, 0.29) is 6.61 Å². The van der Waals surface area contributed by atoms with Gasteiger partial charge < -0.3 is 9.84 Å². The maximum Gasteiger partial charge on any atom is 0.128 e. The summed E-state index contributed by atoms with van der Waals surface area (Å²) in [6, 6.07) is 13.3. The van der Waals surface area contributed by atoms with Crippen LogP contribution in [0.5, 0.6) is 11.5 Å². The van der Waals surface area contributed by atoms with E-state index >= 15 is 0 Å². The van der Waals surface area contributed by atoms with Crippen LogP contribution >= 0.6 is 11.6 Å². The first-order valence-corrected chi connectivity index (χ1v) is 6.65. The monoisotopic (exact) mass is 276 g/mol. The number of benzene rings is 2. The minimum atomic E-state index is -0.0675. The lowest BCUT2D eigenvalue weighted by molar-refractivity contribution is 0.282. The summed E-state index contributed by atoms with van der Waals surface area (Å²) in [4.78, 5) is 0. The van der Waals surface area contributed by atoms with Crippen molar-refractivity contribution in [3.05, 3.63) is 58.6 Å². The Kier molecular flexibility index (Phi) is 4.46. The van der Waals surface area contributed by atoms with Crippen LogP contribution in [-0.4, -0.2) is 5.11 Å². The van der Waals surface area contributed by atoms with E-state index in [4.69, 9.17) is 21.4 Å². The summed E-state index contributed by atoms with van der Waals surface area (Å²) in [6.45, 7) is 4.22. The van der Waals surface area contributed by atoms with Crippen molar-refractivity contribution in [1.29, 1.82) is 0 Å². The Labute approximate surface area is 118 Å². The number of halogens is 1. The molecule has 0 aliphatic rings. The summed E-state index contributed by atoms with van der Waals surface area (Å²) in [7, 11) is 0. The van der Waals surface area contributed by atoms with Crippen LogP contribution in [0, 0.1) is 0 Å². The Balaban J connectivity index is 2.21. The minimum Gasteiger partial charge on any atom is -0.457 e. The molecule has 0 aromatic heterocycles. The van der Waals surface area contributed by atoms with E-state index in [2.05, 4.69) is 19.9 Å². The van der Waals surface area contributed by atoms with Crippen molar-refractivity contribution in [2.45, 2.75) is 26.4 Å². The van der Waals surface area contributed by atoms with E-state index in [1.165, 1.54) is 5.56 Å². The molecule has 0 heterocycles. The summed E-state index contributed by atoms with van der Waals surface area (Å²) in [5, 5.41) is 9.59. The molecule has 0 radical (unpaired) electrons. The van der Waals surface area contributed by atoms with Gasteiger partial charge in [0.1, 0.15) is 11.5 Å². The summed E-state index contributed by atoms with van der Waals surface area (Å²) in [6.07, 6.45) is 0. The normalized spacial score (nSPS) is 10.8. The first-order chi connectivity index (χ1) is 9.10. The standard InChI is InChI=1S/C16H17ClO2/c1-11(2)12-4-3-5-14(8-12)19-15-7-6-13(10-18)16(17)9-15/h3-9,11,18H,10H2,1-2H3. The van der Waals surface area contributed by atoms with Crippen molar-refractivity contribution < 1.29 is 9.84 Å². The first-order valence-electron chi connectivity index (χ1n) is 6.27. The maximum absolute atomic E-state index is 9.07. The van der Waals surface area contributed by atoms with Crippen LogP contribution in [0.1, 0.15) is 30.9 Å². The highest BCUT2D eigenvalue weighted by Crippen LogP contribution is 2.28. The third-order valence-electron chi connectivity index (χ3n) is 2.96. The second kappa shape index (κ2) is 6.09. The van der Waals surface area contributed by atoms with Crippen molar-refractivity contribution in [3.63, 3.8) is 0 Å². The van der Waals surface area contributed by atoms with Gasteiger partial charge in [-0.3, -0.25) is 0 Å². The van der Waals surface area contributed by atoms with E-state index in [0.29, 0.717) is 22.3 Å². The van der Waals surface area contributed by atoms with Crippen molar-refractivity contribution in [3.8, 4) is 11.5 Å². The lowest BCUT2D eigenvalue weighted by atomic mass is 10.0. The van der Waals surface area contributed by atoms with Crippen LogP contribution in [0.4, 0.5) is 0 Å². The average molecular weight is 277 g/mol. The predicted molar refractivity (Wildman–Crippen MR) is 78.0 cm³/mol. The number of hydrogen-bond donors (Lipinski definition) is 1. The summed E-state index contributed by atoms with van der Waals surface area (Å²) in [5.74, 6) is 1.92. The van der Waals surface area contributed by atoms with Crippen LogP contribution in [0.25, 0.3) is 0 Å². The summed E-state index contributed by atoms with van der Waals surface area (Å²) >= 11 is 6.04. The predicted octanol–water partition coefficient (Wildman–Crippen LogP) is 4.75. The van der Waals surface area contributed by atoms with Gasteiger partial charge in [-0.2, -0.15) is 0 Å². The molecular formula is C16H17ClO2. The van der Waals surface area contributed by atoms with E-state index < -0.39 is 0 Å². The van der Waals surface area contributed by atoms with Crippen molar-refractivity contribution in [2.75, 3.05) is 0 Å². The zero-order valence-corrected chi connectivity index (χ0v) is 11.8. The highest BCUT2D eigenvalue weighted by molar-refractivity contribution is 6.31. The molecule has 0 amide bonds. The SMILES string of the molecule is CC(C)c1cccc(Oc2ccc(CO)c(Cl)c2)c1. The largest absolute Gasteiger partial charge is 0.457 e. The van der Waals surface area contributed by atoms with E-state index in [9.17, 15) is 0 Å². The number of aliphatic hydroxyl groups excluding tert-OH is 1. The molecule has 0 atom stereocenters. The third-order valence-corrected chi connectivity index (χ3v) is 3.31. The lowest BCUT2D eigenvalue weighted by Gasteiger charge is -2.10. The van der Waals surface area contributed by atoms with Gasteiger partial charge in [-0.15, -0.1) is 0 Å². The maximum atomic E-state index is 9.07. The fraction of sp³-hybridized carbons (Fsp3) is 0.250.